The molecule has 1 amide bonds. The van der Waals surface area contributed by atoms with Crippen LogP contribution in [0.15, 0.2) is 27.1 Å². The molecule has 18 heavy (non-hydrogen) atoms. The Morgan fingerprint density at radius 1 is 1.39 bits per heavy atom. The summed E-state index contributed by atoms with van der Waals surface area (Å²) in [5.74, 6) is 0.348. The van der Waals surface area contributed by atoms with Gasteiger partial charge in [-0.2, -0.15) is 0 Å². The Balaban J connectivity index is 2.73. The molecule has 1 aromatic rings. The molecule has 0 spiro atoms. The number of methoxy groups -OCH3 is 1. The molecule has 0 radical (unpaired) electrons. The van der Waals surface area contributed by atoms with Gasteiger partial charge in [0.25, 0.3) is 5.91 Å². The van der Waals surface area contributed by atoms with E-state index in [2.05, 4.69) is 37.2 Å². The van der Waals surface area contributed by atoms with E-state index < -0.39 is 0 Å². The molecule has 1 rings (SSSR count). The van der Waals surface area contributed by atoms with Gasteiger partial charge < -0.3 is 10.1 Å². The van der Waals surface area contributed by atoms with Gasteiger partial charge in [0.05, 0.1) is 12.6 Å². The van der Waals surface area contributed by atoms with E-state index in [0.29, 0.717) is 24.5 Å². The third-order valence-electron chi connectivity index (χ3n) is 2.29. The van der Waals surface area contributed by atoms with Crippen LogP contribution in [0, 0.1) is 0 Å². The van der Waals surface area contributed by atoms with E-state index in [0.717, 1.165) is 8.95 Å². The third kappa shape index (κ3) is 5.26. The van der Waals surface area contributed by atoms with E-state index in [1.165, 1.54) is 0 Å². The predicted molar refractivity (Wildman–Crippen MR) is 80.3 cm³/mol. The predicted octanol–water partition coefficient (Wildman–Crippen LogP) is 3.59. The molecule has 1 unspecified atom stereocenters. The van der Waals surface area contributed by atoms with Gasteiger partial charge in [0, 0.05) is 27.5 Å². The highest BCUT2D eigenvalue weighted by atomic mass is 79.9. The summed E-state index contributed by atoms with van der Waals surface area (Å²) in [4.78, 5) is 12.1. The van der Waals surface area contributed by atoms with Crippen molar-refractivity contribution in [1.82, 2.24) is 5.32 Å². The zero-order chi connectivity index (χ0) is 13.5. The number of rotatable bonds is 6. The Bertz CT molecular complexity index is 389. The molecule has 0 bridgehead atoms. The van der Waals surface area contributed by atoms with Gasteiger partial charge in [-0.1, -0.05) is 31.9 Å². The molecule has 6 heteroatoms. The molecule has 1 N–H and O–H groups in total. The standard InChI is InChI=1S/C12H14Br2ClNO2/c1-18-7-11(2-3-15)16-12(17)8-4-9(13)6-10(14)5-8/h4-6,11H,2-3,7H2,1H3,(H,16,17). The van der Waals surface area contributed by atoms with E-state index in [1.807, 2.05) is 6.07 Å². The average Bonchev–Trinajstić information content (AvgIpc) is 2.28. The van der Waals surface area contributed by atoms with Crippen molar-refractivity contribution in [2.24, 2.45) is 0 Å². The summed E-state index contributed by atoms with van der Waals surface area (Å²) in [6.07, 6.45) is 0.677. The van der Waals surface area contributed by atoms with Crippen LogP contribution in [0.25, 0.3) is 0 Å². The summed E-state index contributed by atoms with van der Waals surface area (Å²) in [6, 6.07) is 5.34. The highest BCUT2D eigenvalue weighted by Crippen LogP contribution is 2.20. The summed E-state index contributed by atoms with van der Waals surface area (Å²) < 4.78 is 6.75. The number of hydrogen-bond donors (Lipinski definition) is 1. The number of halogens is 3. The maximum Gasteiger partial charge on any atom is 0.251 e. The largest absolute Gasteiger partial charge is 0.383 e. The first-order chi connectivity index (χ1) is 8.56. The molecule has 0 aromatic heterocycles. The molecular formula is C12H14Br2ClNO2. The smallest absolute Gasteiger partial charge is 0.251 e. The molecule has 1 aromatic carbocycles. The van der Waals surface area contributed by atoms with Crippen molar-refractivity contribution in [3.8, 4) is 0 Å². The Morgan fingerprint density at radius 3 is 2.50 bits per heavy atom. The SMILES string of the molecule is COCC(CCCl)NC(=O)c1cc(Br)cc(Br)c1. The maximum atomic E-state index is 12.1. The number of carbonyl (C=O) groups excluding carboxylic acids is 1. The number of amides is 1. The van der Waals surface area contributed by atoms with E-state index in [-0.39, 0.29) is 11.9 Å². The Morgan fingerprint density at radius 2 is 2.00 bits per heavy atom. The summed E-state index contributed by atoms with van der Waals surface area (Å²) in [5.41, 5.74) is 0.590. The van der Waals surface area contributed by atoms with Crippen molar-refractivity contribution >= 4 is 49.4 Å². The fourth-order valence-electron chi connectivity index (χ4n) is 1.48. The highest BCUT2D eigenvalue weighted by Gasteiger charge is 2.14. The monoisotopic (exact) mass is 397 g/mol. The maximum absolute atomic E-state index is 12.1. The van der Waals surface area contributed by atoms with Crippen LogP contribution in [0.1, 0.15) is 16.8 Å². The number of ether oxygens (including phenoxy) is 1. The molecule has 1 atom stereocenters. The number of hydrogen-bond acceptors (Lipinski definition) is 2. The minimum Gasteiger partial charge on any atom is -0.383 e. The third-order valence-corrected chi connectivity index (χ3v) is 3.42. The Labute approximate surface area is 128 Å². The lowest BCUT2D eigenvalue weighted by Gasteiger charge is -2.17. The van der Waals surface area contributed by atoms with Gasteiger partial charge in [-0.05, 0) is 24.6 Å². The minimum atomic E-state index is -0.135. The molecule has 0 fully saturated rings. The van der Waals surface area contributed by atoms with Gasteiger partial charge in [-0.25, -0.2) is 0 Å². The highest BCUT2D eigenvalue weighted by molar-refractivity contribution is 9.11. The lowest BCUT2D eigenvalue weighted by Crippen LogP contribution is -2.38. The van der Waals surface area contributed by atoms with Crippen molar-refractivity contribution in [3.63, 3.8) is 0 Å². The van der Waals surface area contributed by atoms with Gasteiger partial charge in [-0.15, -0.1) is 11.6 Å². The molecular weight excluding hydrogens is 385 g/mol. The Kier molecular flexibility index (Phi) is 7.22. The van der Waals surface area contributed by atoms with E-state index >= 15 is 0 Å². The first-order valence-corrected chi connectivity index (χ1v) is 7.50. The van der Waals surface area contributed by atoms with Crippen LogP contribution in [0.4, 0.5) is 0 Å². The topological polar surface area (TPSA) is 38.3 Å². The molecule has 3 nitrogen and oxygen atoms in total. The fourth-order valence-corrected chi connectivity index (χ4v) is 3.04. The molecule has 0 saturated carbocycles. The molecule has 0 aliphatic rings. The van der Waals surface area contributed by atoms with Gasteiger partial charge in [-0.3, -0.25) is 4.79 Å². The first kappa shape index (κ1) is 16.0. The number of alkyl halides is 1. The van der Waals surface area contributed by atoms with Crippen LogP contribution in [0.3, 0.4) is 0 Å². The zero-order valence-corrected chi connectivity index (χ0v) is 13.8. The quantitative estimate of drug-likeness (QED) is 0.743. The normalized spacial score (nSPS) is 12.2. The number of benzene rings is 1. The fraction of sp³-hybridized carbons (Fsp3) is 0.417. The second-order valence-corrected chi connectivity index (χ2v) is 5.97. The van der Waals surface area contributed by atoms with Crippen LogP contribution in [-0.2, 0) is 4.74 Å². The van der Waals surface area contributed by atoms with Crippen molar-refractivity contribution < 1.29 is 9.53 Å². The molecule has 0 aliphatic heterocycles. The minimum absolute atomic E-state index is 0.0715. The first-order valence-electron chi connectivity index (χ1n) is 5.38. The van der Waals surface area contributed by atoms with E-state index in [4.69, 9.17) is 16.3 Å². The molecule has 0 saturated heterocycles. The van der Waals surface area contributed by atoms with Gasteiger partial charge in [0.1, 0.15) is 0 Å². The molecule has 0 heterocycles. The molecule has 0 aliphatic carbocycles. The van der Waals surface area contributed by atoms with Crippen LogP contribution < -0.4 is 5.32 Å². The van der Waals surface area contributed by atoms with Crippen LogP contribution in [-0.4, -0.2) is 31.5 Å². The second kappa shape index (κ2) is 8.15. The van der Waals surface area contributed by atoms with Crippen molar-refractivity contribution in [2.45, 2.75) is 12.5 Å². The lowest BCUT2D eigenvalue weighted by molar-refractivity contribution is 0.0895. The summed E-state index contributed by atoms with van der Waals surface area (Å²) >= 11 is 12.4. The summed E-state index contributed by atoms with van der Waals surface area (Å²) in [7, 11) is 1.60. The number of carbonyl (C=O) groups is 1. The average molecular weight is 400 g/mol. The van der Waals surface area contributed by atoms with Crippen molar-refractivity contribution in [3.05, 3.63) is 32.7 Å². The summed E-state index contributed by atoms with van der Waals surface area (Å²) in [5, 5.41) is 2.90. The summed E-state index contributed by atoms with van der Waals surface area (Å²) in [6.45, 7) is 0.452. The molecule has 100 valence electrons. The lowest BCUT2D eigenvalue weighted by atomic mass is 10.2. The van der Waals surface area contributed by atoms with Crippen LogP contribution in [0.2, 0.25) is 0 Å². The van der Waals surface area contributed by atoms with E-state index in [9.17, 15) is 4.79 Å². The van der Waals surface area contributed by atoms with E-state index in [1.54, 1.807) is 19.2 Å². The van der Waals surface area contributed by atoms with Crippen molar-refractivity contribution in [1.29, 1.82) is 0 Å². The van der Waals surface area contributed by atoms with Gasteiger partial charge in [0.2, 0.25) is 0 Å². The van der Waals surface area contributed by atoms with Gasteiger partial charge in [0.15, 0.2) is 0 Å². The van der Waals surface area contributed by atoms with Crippen LogP contribution >= 0.6 is 43.5 Å². The van der Waals surface area contributed by atoms with Crippen molar-refractivity contribution in [2.75, 3.05) is 19.6 Å². The van der Waals surface area contributed by atoms with Gasteiger partial charge >= 0.3 is 0 Å². The Hall–Kier alpha value is -0.100. The number of nitrogens with one attached hydrogen (secondary N) is 1. The second-order valence-electron chi connectivity index (χ2n) is 3.76. The van der Waals surface area contributed by atoms with Crippen LogP contribution in [0.5, 0.6) is 0 Å². The zero-order valence-electron chi connectivity index (χ0n) is 9.88.